The van der Waals surface area contributed by atoms with Gasteiger partial charge in [0.2, 0.25) is 0 Å². The van der Waals surface area contributed by atoms with Crippen LogP contribution in [0.5, 0.6) is 0 Å². The van der Waals surface area contributed by atoms with Gasteiger partial charge in [-0.15, -0.1) is 0 Å². The minimum absolute atomic E-state index is 0.571. The highest BCUT2D eigenvalue weighted by atomic mass is 127. The number of nitrogens with zero attached hydrogens (tertiary/aromatic N) is 2. The molecule has 0 spiro atoms. The molecule has 1 aromatic carbocycles. The van der Waals surface area contributed by atoms with E-state index in [0.717, 1.165) is 22.4 Å². The Morgan fingerprint density at radius 2 is 2.07 bits per heavy atom. The molecule has 14 heavy (non-hydrogen) atoms. The molecule has 0 amide bonds. The summed E-state index contributed by atoms with van der Waals surface area (Å²) in [5.41, 5.74) is 0.992. The van der Waals surface area contributed by atoms with Crippen LogP contribution in [0.1, 0.15) is 6.42 Å². The number of anilines is 1. The molecule has 1 aromatic rings. The van der Waals surface area contributed by atoms with Gasteiger partial charge in [0, 0.05) is 13.0 Å². The zero-order valence-electron chi connectivity index (χ0n) is 7.17. The van der Waals surface area contributed by atoms with Gasteiger partial charge in [0.05, 0.1) is 15.7 Å². The quantitative estimate of drug-likeness (QED) is 0.707. The van der Waals surface area contributed by atoms with Crippen LogP contribution in [0.2, 0.25) is 10.0 Å². The second-order valence-corrected chi connectivity index (χ2v) is 5.01. The van der Waals surface area contributed by atoms with Crippen molar-refractivity contribution in [1.29, 1.82) is 0 Å². The molecule has 0 saturated heterocycles. The van der Waals surface area contributed by atoms with E-state index >= 15 is 0 Å². The lowest BCUT2D eigenvalue weighted by molar-refractivity contribution is 0.922. The van der Waals surface area contributed by atoms with Gasteiger partial charge in [-0.25, -0.2) is 0 Å². The summed E-state index contributed by atoms with van der Waals surface area (Å²) < 4.78 is 1.12. The summed E-state index contributed by atoms with van der Waals surface area (Å²) in [5.74, 6) is 0. The molecule has 1 heterocycles. The standard InChI is InChI=1S/C9H7Cl2IN2/c10-7-2-1-6(5-8(7)11)14-4-3-9(12)13-14/h1-2,5H,3-4H2. The van der Waals surface area contributed by atoms with Crippen molar-refractivity contribution in [2.75, 3.05) is 11.6 Å². The summed E-state index contributed by atoms with van der Waals surface area (Å²) in [7, 11) is 0. The van der Waals surface area contributed by atoms with Gasteiger partial charge >= 0.3 is 0 Å². The van der Waals surface area contributed by atoms with E-state index in [2.05, 4.69) is 27.7 Å². The molecule has 0 fully saturated rings. The predicted molar refractivity (Wildman–Crippen MR) is 69.9 cm³/mol. The molecule has 1 aliphatic rings. The summed E-state index contributed by atoms with van der Waals surface area (Å²) in [4.78, 5) is 0. The van der Waals surface area contributed by atoms with Crippen molar-refractivity contribution in [2.24, 2.45) is 5.10 Å². The molecule has 0 aromatic heterocycles. The van der Waals surface area contributed by atoms with Crippen LogP contribution in [0.4, 0.5) is 5.69 Å². The van der Waals surface area contributed by atoms with E-state index in [1.54, 1.807) is 6.07 Å². The summed E-state index contributed by atoms with van der Waals surface area (Å²) >= 11 is 14.0. The van der Waals surface area contributed by atoms with E-state index in [9.17, 15) is 0 Å². The third-order valence-electron chi connectivity index (χ3n) is 1.96. The van der Waals surface area contributed by atoms with Gasteiger partial charge in [-0.1, -0.05) is 23.2 Å². The third kappa shape index (κ3) is 2.15. The Hall–Kier alpha value is -0.000000000000000111. The maximum atomic E-state index is 5.92. The van der Waals surface area contributed by atoms with Crippen LogP contribution in [-0.2, 0) is 0 Å². The van der Waals surface area contributed by atoms with E-state index in [-0.39, 0.29) is 0 Å². The predicted octanol–water partition coefficient (Wildman–Crippen LogP) is 3.95. The van der Waals surface area contributed by atoms with E-state index in [1.165, 1.54) is 0 Å². The van der Waals surface area contributed by atoms with Gasteiger partial charge in [0.15, 0.2) is 0 Å². The first-order valence-electron chi connectivity index (χ1n) is 4.12. The summed E-state index contributed by atoms with van der Waals surface area (Å²) in [6.07, 6.45) is 1.00. The van der Waals surface area contributed by atoms with Gasteiger partial charge in [0.1, 0.15) is 3.72 Å². The molecule has 0 N–H and O–H groups in total. The minimum Gasteiger partial charge on any atom is -0.264 e. The second-order valence-electron chi connectivity index (χ2n) is 2.95. The Bertz CT molecular complexity index is 392. The maximum absolute atomic E-state index is 5.92. The highest BCUT2D eigenvalue weighted by molar-refractivity contribution is 14.1. The molecule has 74 valence electrons. The Labute approximate surface area is 106 Å². The van der Waals surface area contributed by atoms with Crippen LogP contribution < -0.4 is 5.01 Å². The normalized spacial score (nSPS) is 15.9. The molecule has 0 saturated carbocycles. The average molecular weight is 341 g/mol. The van der Waals surface area contributed by atoms with Gasteiger partial charge in [0.25, 0.3) is 0 Å². The molecular weight excluding hydrogens is 334 g/mol. The first-order chi connectivity index (χ1) is 6.66. The smallest absolute Gasteiger partial charge is 0.101 e. The van der Waals surface area contributed by atoms with Crippen LogP contribution in [0, 0.1) is 0 Å². The molecule has 0 unspecified atom stereocenters. The Morgan fingerprint density at radius 1 is 1.29 bits per heavy atom. The van der Waals surface area contributed by atoms with E-state index in [4.69, 9.17) is 23.2 Å². The van der Waals surface area contributed by atoms with Crippen molar-refractivity contribution in [2.45, 2.75) is 6.42 Å². The Balaban J connectivity index is 2.29. The van der Waals surface area contributed by atoms with Crippen LogP contribution in [0.3, 0.4) is 0 Å². The van der Waals surface area contributed by atoms with Gasteiger partial charge in [-0.2, -0.15) is 5.10 Å². The van der Waals surface area contributed by atoms with Crippen molar-refractivity contribution in [1.82, 2.24) is 0 Å². The lowest BCUT2D eigenvalue weighted by Gasteiger charge is -2.13. The third-order valence-corrected chi connectivity index (χ3v) is 3.45. The zero-order valence-corrected chi connectivity index (χ0v) is 10.8. The molecule has 0 bridgehead atoms. The number of benzene rings is 1. The first kappa shape index (κ1) is 10.5. The molecule has 2 nitrogen and oxygen atoms in total. The lowest BCUT2D eigenvalue weighted by Crippen LogP contribution is -2.11. The lowest BCUT2D eigenvalue weighted by atomic mass is 10.3. The van der Waals surface area contributed by atoms with E-state index in [1.807, 2.05) is 17.1 Å². The second kappa shape index (κ2) is 4.24. The first-order valence-corrected chi connectivity index (χ1v) is 5.96. The largest absolute Gasteiger partial charge is 0.264 e. The van der Waals surface area contributed by atoms with Crippen LogP contribution in [0.25, 0.3) is 0 Å². The van der Waals surface area contributed by atoms with Crippen molar-refractivity contribution in [3.63, 3.8) is 0 Å². The SMILES string of the molecule is Clc1ccc(N2CCC(I)=N2)cc1Cl. The van der Waals surface area contributed by atoms with Crippen LogP contribution in [-0.4, -0.2) is 10.3 Å². The summed E-state index contributed by atoms with van der Waals surface area (Å²) in [6.45, 7) is 0.913. The topological polar surface area (TPSA) is 15.6 Å². The van der Waals surface area contributed by atoms with Crippen molar-refractivity contribution >= 4 is 55.2 Å². The average Bonchev–Trinajstić information content (AvgIpc) is 2.57. The number of hydrazone groups is 1. The Morgan fingerprint density at radius 3 is 2.64 bits per heavy atom. The fourth-order valence-electron chi connectivity index (χ4n) is 1.26. The van der Waals surface area contributed by atoms with Gasteiger partial charge in [-0.05, 0) is 40.8 Å². The molecule has 5 heteroatoms. The Kier molecular flexibility index (Phi) is 3.19. The fourth-order valence-corrected chi connectivity index (χ4v) is 2.06. The van der Waals surface area contributed by atoms with Crippen LogP contribution in [0.15, 0.2) is 23.3 Å². The maximum Gasteiger partial charge on any atom is 0.101 e. The highest BCUT2D eigenvalue weighted by Crippen LogP contribution is 2.29. The van der Waals surface area contributed by atoms with Crippen LogP contribution >= 0.6 is 45.8 Å². The van der Waals surface area contributed by atoms with Crippen molar-refractivity contribution < 1.29 is 0 Å². The number of rotatable bonds is 1. The molecule has 0 radical (unpaired) electrons. The molecular formula is C9H7Cl2IN2. The van der Waals surface area contributed by atoms with Crippen molar-refractivity contribution in [3.8, 4) is 0 Å². The zero-order chi connectivity index (χ0) is 10.1. The summed E-state index contributed by atoms with van der Waals surface area (Å²) in [5, 5.41) is 7.45. The molecule has 2 rings (SSSR count). The minimum atomic E-state index is 0.571. The van der Waals surface area contributed by atoms with E-state index < -0.39 is 0 Å². The monoisotopic (exact) mass is 340 g/mol. The number of hydrogen-bond donors (Lipinski definition) is 0. The van der Waals surface area contributed by atoms with Gasteiger partial charge < -0.3 is 0 Å². The van der Waals surface area contributed by atoms with Crippen molar-refractivity contribution in [3.05, 3.63) is 28.2 Å². The molecule has 0 atom stereocenters. The highest BCUT2D eigenvalue weighted by Gasteiger charge is 2.14. The molecule has 0 aliphatic carbocycles. The van der Waals surface area contributed by atoms with Gasteiger partial charge in [-0.3, -0.25) is 5.01 Å². The number of halogens is 3. The number of hydrogen-bond acceptors (Lipinski definition) is 2. The summed E-state index contributed by atoms with van der Waals surface area (Å²) in [6, 6.07) is 5.55. The van der Waals surface area contributed by atoms with E-state index in [0.29, 0.717) is 10.0 Å². The fraction of sp³-hybridized carbons (Fsp3) is 0.222. The molecule has 1 aliphatic heterocycles.